The molecule has 0 N–H and O–H groups in total. The highest BCUT2D eigenvalue weighted by molar-refractivity contribution is 6.09. The van der Waals surface area contributed by atoms with E-state index in [9.17, 15) is 9.59 Å². The number of carbonyl (C=O) groups excluding carboxylic acids is 2. The average Bonchev–Trinajstić information content (AvgIpc) is 2.99. The van der Waals surface area contributed by atoms with E-state index in [1.807, 2.05) is 29.2 Å². The number of pyridine rings is 1. The summed E-state index contributed by atoms with van der Waals surface area (Å²) < 4.78 is 5.93. The molecule has 0 unspecified atom stereocenters. The normalized spacial score (nSPS) is 19.5. The summed E-state index contributed by atoms with van der Waals surface area (Å²) in [6.07, 6.45) is 9.34. The van der Waals surface area contributed by atoms with Crippen LogP contribution in [0.4, 0.5) is 5.69 Å². The van der Waals surface area contributed by atoms with Gasteiger partial charge in [-0.3, -0.25) is 14.5 Å². The minimum Gasteiger partial charge on any atom is -0.436 e. The SMILES string of the molecule is O=C(CCCN1C(=O)c2cccnc2Oc2ccccc21)N1CCN(C2CCCCC2)CC1. The monoisotopic (exact) mass is 448 g/mol. The van der Waals surface area contributed by atoms with Crippen molar-refractivity contribution in [1.29, 1.82) is 0 Å². The van der Waals surface area contributed by atoms with Gasteiger partial charge in [0.25, 0.3) is 5.91 Å². The highest BCUT2D eigenvalue weighted by atomic mass is 16.5. The Balaban J connectivity index is 1.18. The predicted molar refractivity (Wildman–Crippen MR) is 127 cm³/mol. The molecule has 2 amide bonds. The number of rotatable bonds is 5. The van der Waals surface area contributed by atoms with Crippen molar-refractivity contribution < 1.29 is 14.3 Å². The number of hydrogen-bond donors (Lipinski definition) is 0. The highest BCUT2D eigenvalue weighted by Crippen LogP contribution is 2.37. The Kier molecular flexibility index (Phi) is 6.58. The molecule has 1 aromatic heterocycles. The summed E-state index contributed by atoms with van der Waals surface area (Å²) in [5.41, 5.74) is 1.16. The van der Waals surface area contributed by atoms with Gasteiger partial charge in [-0.1, -0.05) is 31.4 Å². The molecule has 0 bridgehead atoms. The van der Waals surface area contributed by atoms with E-state index in [1.165, 1.54) is 32.1 Å². The third kappa shape index (κ3) is 4.74. The summed E-state index contributed by atoms with van der Waals surface area (Å²) in [7, 11) is 0. The molecule has 0 atom stereocenters. The molecule has 5 rings (SSSR count). The van der Waals surface area contributed by atoms with Crippen molar-refractivity contribution >= 4 is 17.5 Å². The number of benzene rings is 1. The van der Waals surface area contributed by atoms with Gasteiger partial charge in [0.1, 0.15) is 5.56 Å². The smallest absolute Gasteiger partial charge is 0.263 e. The maximum absolute atomic E-state index is 13.3. The molecule has 1 aliphatic carbocycles. The molecule has 1 saturated heterocycles. The third-order valence-corrected chi connectivity index (χ3v) is 7.14. The summed E-state index contributed by atoms with van der Waals surface area (Å²) in [4.78, 5) is 36.7. The van der Waals surface area contributed by atoms with Gasteiger partial charge in [0.2, 0.25) is 11.8 Å². The van der Waals surface area contributed by atoms with Crippen LogP contribution in [-0.2, 0) is 4.79 Å². The Labute approximate surface area is 195 Å². The molecule has 174 valence electrons. The van der Waals surface area contributed by atoms with Gasteiger partial charge >= 0.3 is 0 Å². The van der Waals surface area contributed by atoms with Crippen LogP contribution in [0.25, 0.3) is 0 Å². The number of para-hydroxylation sites is 2. The Morgan fingerprint density at radius 1 is 1.00 bits per heavy atom. The van der Waals surface area contributed by atoms with Crippen molar-refractivity contribution in [1.82, 2.24) is 14.8 Å². The topological polar surface area (TPSA) is 66.0 Å². The fraction of sp³-hybridized carbons (Fsp3) is 0.500. The van der Waals surface area contributed by atoms with Crippen LogP contribution < -0.4 is 9.64 Å². The quantitative estimate of drug-likeness (QED) is 0.689. The van der Waals surface area contributed by atoms with Gasteiger partial charge in [0.05, 0.1) is 5.69 Å². The van der Waals surface area contributed by atoms with Crippen LogP contribution in [0.1, 0.15) is 55.3 Å². The Bertz CT molecular complexity index is 997. The lowest BCUT2D eigenvalue weighted by Crippen LogP contribution is -2.52. The number of nitrogens with zero attached hydrogens (tertiary/aromatic N) is 4. The van der Waals surface area contributed by atoms with Crippen LogP contribution in [0.15, 0.2) is 42.6 Å². The second-order valence-corrected chi connectivity index (χ2v) is 9.19. The zero-order valence-corrected chi connectivity index (χ0v) is 19.1. The molecule has 3 aliphatic rings. The molecule has 2 aromatic rings. The van der Waals surface area contributed by atoms with Crippen LogP contribution in [-0.4, -0.2) is 65.4 Å². The number of amides is 2. The van der Waals surface area contributed by atoms with E-state index < -0.39 is 0 Å². The van der Waals surface area contributed by atoms with Crippen molar-refractivity contribution in [3.05, 3.63) is 48.2 Å². The lowest BCUT2D eigenvalue weighted by Gasteiger charge is -2.40. The van der Waals surface area contributed by atoms with Crippen molar-refractivity contribution in [2.45, 2.75) is 51.0 Å². The van der Waals surface area contributed by atoms with Gasteiger partial charge in [0, 0.05) is 51.4 Å². The van der Waals surface area contributed by atoms with E-state index in [1.54, 1.807) is 23.2 Å². The summed E-state index contributed by atoms with van der Waals surface area (Å²) in [5, 5.41) is 0. The summed E-state index contributed by atoms with van der Waals surface area (Å²) in [6.45, 7) is 4.05. The number of aromatic nitrogens is 1. The molecule has 2 aliphatic heterocycles. The largest absolute Gasteiger partial charge is 0.436 e. The molecule has 33 heavy (non-hydrogen) atoms. The van der Waals surface area contributed by atoms with E-state index in [4.69, 9.17) is 4.74 Å². The van der Waals surface area contributed by atoms with Crippen LogP contribution in [0, 0.1) is 0 Å². The van der Waals surface area contributed by atoms with E-state index in [-0.39, 0.29) is 11.8 Å². The molecule has 7 heteroatoms. The minimum absolute atomic E-state index is 0.142. The fourth-order valence-electron chi connectivity index (χ4n) is 5.31. The number of piperazine rings is 1. The average molecular weight is 449 g/mol. The van der Waals surface area contributed by atoms with Gasteiger partial charge in [-0.05, 0) is 43.5 Å². The van der Waals surface area contributed by atoms with Gasteiger partial charge in [-0.15, -0.1) is 0 Å². The predicted octanol–water partition coefficient (Wildman–Crippen LogP) is 4.09. The molecule has 0 spiro atoms. The molecule has 1 saturated carbocycles. The van der Waals surface area contributed by atoms with Crippen LogP contribution in [0.5, 0.6) is 11.6 Å². The molecular weight excluding hydrogens is 416 g/mol. The first-order chi connectivity index (χ1) is 16.2. The van der Waals surface area contributed by atoms with Crippen LogP contribution >= 0.6 is 0 Å². The first kappa shape index (κ1) is 21.9. The molecule has 7 nitrogen and oxygen atoms in total. The van der Waals surface area contributed by atoms with E-state index in [0.717, 1.165) is 26.2 Å². The minimum atomic E-state index is -0.142. The first-order valence-electron chi connectivity index (χ1n) is 12.3. The van der Waals surface area contributed by atoms with E-state index in [2.05, 4.69) is 9.88 Å². The fourth-order valence-corrected chi connectivity index (χ4v) is 5.31. The number of ether oxygens (including phenoxy) is 1. The van der Waals surface area contributed by atoms with E-state index in [0.29, 0.717) is 48.3 Å². The molecule has 1 aromatic carbocycles. The molecular formula is C26H32N4O3. The van der Waals surface area contributed by atoms with Gasteiger partial charge in [-0.2, -0.15) is 0 Å². The third-order valence-electron chi connectivity index (χ3n) is 7.14. The van der Waals surface area contributed by atoms with Crippen LogP contribution in [0.3, 0.4) is 0 Å². The second-order valence-electron chi connectivity index (χ2n) is 9.19. The molecule has 3 heterocycles. The second kappa shape index (κ2) is 9.91. The lowest BCUT2D eigenvalue weighted by molar-refractivity contribution is -0.133. The summed E-state index contributed by atoms with van der Waals surface area (Å²) in [6, 6.07) is 11.7. The Morgan fingerprint density at radius 2 is 1.79 bits per heavy atom. The zero-order chi connectivity index (χ0) is 22.6. The highest BCUT2D eigenvalue weighted by Gasteiger charge is 2.30. The van der Waals surface area contributed by atoms with Crippen molar-refractivity contribution in [2.24, 2.45) is 0 Å². The standard InChI is InChI=1S/C26H32N4O3/c31-24(29-18-16-28(17-19-29)20-8-2-1-3-9-20)13-7-15-30-22-11-4-5-12-23(22)33-25-21(26(30)32)10-6-14-27-25/h4-6,10-12,14,20H,1-3,7-9,13,15-19H2. The summed E-state index contributed by atoms with van der Waals surface area (Å²) >= 11 is 0. The number of carbonyl (C=O) groups is 2. The number of anilines is 1. The maximum Gasteiger partial charge on any atom is 0.263 e. The zero-order valence-electron chi connectivity index (χ0n) is 19.1. The van der Waals surface area contributed by atoms with Crippen molar-refractivity contribution in [3.63, 3.8) is 0 Å². The number of hydrogen-bond acceptors (Lipinski definition) is 5. The Hall–Kier alpha value is -2.93. The Morgan fingerprint density at radius 3 is 2.61 bits per heavy atom. The van der Waals surface area contributed by atoms with Crippen molar-refractivity contribution in [3.8, 4) is 11.6 Å². The molecule has 2 fully saturated rings. The van der Waals surface area contributed by atoms with Crippen molar-refractivity contribution in [2.75, 3.05) is 37.6 Å². The van der Waals surface area contributed by atoms with Crippen LogP contribution in [0.2, 0.25) is 0 Å². The first-order valence-corrected chi connectivity index (χ1v) is 12.3. The van der Waals surface area contributed by atoms with E-state index >= 15 is 0 Å². The van der Waals surface area contributed by atoms with Gasteiger partial charge in [-0.25, -0.2) is 4.98 Å². The maximum atomic E-state index is 13.3. The summed E-state index contributed by atoms with van der Waals surface area (Å²) in [5.74, 6) is 0.974. The van der Waals surface area contributed by atoms with Gasteiger partial charge in [0.15, 0.2) is 5.75 Å². The lowest BCUT2D eigenvalue weighted by atomic mass is 9.94. The molecule has 0 radical (unpaired) electrons. The number of fused-ring (bicyclic) bond motifs is 2. The van der Waals surface area contributed by atoms with Gasteiger partial charge < -0.3 is 14.5 Å².